The third-order valence-corrected chi connectivity index (χ3v) is 3.68. The van der Waals surface area contributed by atoms with E-state index in [1.807, 2.05) is 6.20 Å². The lowest BCUT2D eigenvalue weighted by Crippen LogP contribution is -2.45. The van der Waals surface area contributed by atoms with Crippen molar-refractivity contribution in [1.82, 2.24) is 14.7 Å². The molecule has 0 saturated carbocycles. The van der Waals surface area contributed by atoms with Gasteiger partial charge in [0.25, 0.3) is 0 Å². The van der Waals surface area contributed by atoms with Crippen molar-refractivity contribution in [3.63, 3.8) is 0 Å². The Labute approximate surface area is 104 Å². The summed E-state index contributed by atoms with van der Waals surface area (Å²) in [7, 11) is 0. The molecule has 0 aromatic carbocycles. The summed E-state index contributed by atoms with van der Waals surface area (Å²) < 4.78 is 2.11. The average Bonchev–Trinajstić information content (AvgIpc) is 2.72. The van der Waals surface area contributed by atoms with Crippen molar-refractivity contribution in [1.29, 1.82) is 0 Å². The third-order valence-electron chi connectivity index (χ3n) is 3.68. The van der Waals surface area contributed by atoms with Gasteiger partial charge in [-0.2, -0.15) is 5.10 Å². The van der Waals surface area contributed by atoms with E-state index in [2.05, 4.69) is 41.5 Å². The molecule has 4 nitrogen and oxygen atoms in total. The highest BCUT2D eigenvalue weighted by Gasteiger charge is 2.23. The lowest BCUT2D eigenvalue weighted by atomic mass is 9.95. The van der Waals surface area contributed by atoms with Gasteiger partial charge in [-0.3, -0.25) is 9.58 Å². The maximum atomic E-state index is 6.05. The van der Waals surface area contributed by atoms with Crippen molar-refractivity contribution in [3.8, 4) is 0 Å². The second kappa shape index (κ2) is 5.19. The maximum Gasteiger partial charge on any atom is 0.0527 e. The van der Waals surface area contributed by atoms with Gasteiger partial charge in [-0.25, -0.2) is 0 Å². The Morgan fingerprint density at radius 3 is 2.94 bits per heavy atom. The number of rotatable bonds is 3. The van der Waals surface area contributed by atoms with Gasteiger partial charge in [0.2, 0.25) is 0 Å². The van der Waals surface area contributed by atoms with Crippen LogP contribution in [0.3, 0.4) is 0 Å². The number of hydrogen-bond donors (Lipinski definition) is 1. The van der Waals surface area contributed by atoms with Gasteiger partial charge in [0.15, 0.2) is 0 Å². The highest BCUT2D eigenvalue weighted by atomic mass is 15.3. The Hall–Kier alpha value is -0.870. The molecule has 2 heterocycles. The van der Waals surface area contributed by atoms with E-state index < -0.39 is 0 Å². The quantitative estimate of drug-likeness (QED) is 0.867. The number of likely N-dealkylation sites (tertiary alicyclic amines) is 1. The molecule has 17 heavy (non-hydrogen) atoms. The Morgan fingerprint density at radius 2 is 2.29 bits per heavy atom. The molecule has 1 saturated heterocycles. The molecule has 0 spiro atoms. The minimum Gasteiger partial charge on any atom is -0.327 e. The van der Waals surface area contributed by atoms with Crippen molar-refractivity contribution in [2.24, 2.45) is 11.7 Å². The standard InChI is InChI=1S/C13H24N4/c1-10(2)17-12(4-6-15-17)9-16-7-5-13(14)11(3)8-16/h4,6,10-11,13H,5,7-9,14H2,1-3H3. The zero-order valence-corrected chi connectivity index (χ0v) is 11.1. The predicted molar refractivity (Wildman–Crippen MR) is 69.6 cm³/mol. The minimum atomic E-state index is 0.376. The number of hydrogen-bond acceptors (Lipinski definition) is 3. The average molecular weight is 236 g/mol. The molecule has 96 valence electrons. The second-order valence-electron chi connectivity index (χ2n) is 5.53. The summed E-state index contributed by atoms with van der Waals surface area (Å²) in [4.78, 5) is 2.49. The van der Waals surface area contributed by atoms with Crippen molar-refractivity contribution in [2.45, 2.75) is 45.8 Å². The predicted octanol–water partition coefficient (Wildman–Crippen LogP) is 1.63. The molecule has 0 bridgehead atoms. The molecular formula is C13H24N4. The van der Waals surface area contributed by atoms with Gasteiger partial charge >= 0.3 is 0 Å². The lowest BCUT2D eigenvalue weighted by molar-refractivity contribution is 0.153. The summed E-state index contributed by atoms with van der Waals surface area (Å²) in [6.07, 6.45) is 3.01. The first-order valence-corrected chi connectivity index (χ1v) is 6.58. The van der Waals surface area contributed by atoms with E-state index in [1.54, 1.807) is 0 Å². The van der Waals surface area contributed by atoms with Crippen LogP contribution in [-0.4, -0.2) is 33.8 Å². The molecule has 0 amide bonds. The Bertz CT molecular complexity index is 358. The third kappa shape index (κ3) is 2.87. The van der Waals surface area contributed by atoms with Crippen molar-refractivity contribution in [3.05, 3.63) is 18.0 Å². The number of aromatic nitrogens is 2. The largest absolute Gasteiger partial charge is 0.327 e. The SMILES string of the molecule is CC1CN(Cc2ccnn2C(C)C)CCC1N. The van der Waals surface area contributed by atoms with Gasteiger partial charge in [-0.05, 0) is 32.3 Å². The molecule has 4 heteroatoms. The summed E-state index contributed by atoms with van der Waals surface area (Å²) in [5.74, 6) is 0.596. The molecule has 1 aromatic rings. The van der Waals surface area contributed by atoms with Gasteiger partial charge in [0.1, 0.15) is 0 Å². The van der Waals surface area contributed by atoms with Crippen LogP contribution in [0.5, 0.6) is 0 Å². The van der Waals surface area contributed by atoms with E-state index in [9.17, 15) is 0 Å². The monoisotopic (exact) mass is 236 g/mol. The number of nitrogens with zero attached hydrogens (tertiary/aromatic N) is 3. The summed E-state index contributed by atoms with van der Waals surface area (Å²) in [6.45, 7) is 9.79. The first kappa shape index (κ1) is 12.6. The molecule has 1 aromatic heterocycles. The summed E-state index contributed by atoms with van der Waals surface area (Å²) in [5, 5.41) is 4.38. The van der Waals surface area contributed by atoms with Crippen LogP contribution in [0.25, 0.3) is 0 Å². The summed E-state index contributed by atoms with van der Waals surface area (Å²) in [6, 6.07) is 2.94. The highest BCUT2D eigenvalue weighted by Crippen LogP contribution is 2.18. The number of nitrogens with two attached hydrogens (primary N) is 1. The maximum absolute atomic E-state index is 6.05. The number of piperidine rings is 1. The zero-order chi connectivity index (χ0) is 12.4. The lowest BCUT2D eigenvalue weighted by Gasteiger charge is -2.35. The van der Waals surface area contributed by atoms with E-state index in [0.717, 1.165) is 26.1 Å². The molecule has 1 fully saturated rings. The molecule has 2 atom stereocenters. The van der Waals surface area contributed by atoms with Crippen LogP contribution in [0.15, 0.2) is 12.3 Å². The fraction of sp³-hybridized carbons (Fsp3) is 0.769. The molecule has 1 aliphatic heterocycles. The normalized spacial score (nSPS) is 26.6. The summed E-state index contributed by atoms with van der Waals surface area (Å²) >= 11 is 0. The van der Waals surface area contributed by atoms with E-state index in [4.69, 9.17) is 5.73 Å². The molecule has 2 unspecified atom stereocenters. The van der Waals surface area contributed by atoms with Crippen molar-refractivity contribution < 1.29 is 0 Å². The van der Waals surface area contributed by atoms with Crippen LogP contribution < -0.4 is 5.73 Å². The van der Waals surface area contributed by atoms with Gasteiger partial charge in [0, 0.05) is 37.9 Å². The zero-order valence-electron chi connectivity index (χ0n) is 11.1. The fourth-order valence-corrected chi connectivity index (χ4v) is 2.55. The van der Waals surface area contributed by atoms with E-state index in [1.165, 1.54) is 5.69 Å². The first-order chi connectivity index (χ1) is 8.08. The molecular weight excluding hydrogens is 212 g/mol. The van der Waals surface area contributed by atoms with Gasteiger partial charge < -0.3 is 5.73 Å². The topological polar surface area (TPSA) is 47.1 Å². The summed E-state index contributed by atoms with van der Waals surface area (Å²) in [5.41, 5.74) is 7.36. The van der Waals surface area contributed by atoms with E-state index >= 15 is 0 Å². The van der Waals surface area contributed by atoms with Crippen LogP contribution >= 0.6 is 0 Å². The Kier molecular flexibility index (Phi) is 3.84. The van der Waals surface area contributed by atoms with Crippen molar-refractivity contribution in [2.75, 3.05) is 13.1 Å². The van der Waals surface area contributed by atoms with Crippen LogP contribution in [0, 0.1) is 5.92 Å². The Balaban J connectivity index is 1.99. The van der Waals surface area contributed by atoms with E-state index in [0.29, 0.717) is 18.0 Å². The van der Waals surface area contributed by atoms with Crippen LogP contribution in [0.1, 0.15) is 38.9 Å². The van der Waals surface area contributed by atoms with Gasteiger partial charge in [-0.1, -0.05) is 6.92 Å². The minimum absolute atomic E-state index is 0.376. The van der Waals surface area contributed by atoms with E-state index in [-0.39, 0.29) is 0 Å². The van der Waals surface area contributed by atoms with Gasteiger partial charge in [0.05, 0.1) is 5.69 Å². The van der Waals surface area contributed by atoms with Gasteiger partial charge in [-0.15, -0.1) is 0 Å². The van der Waals surface area contributed by atoms with Crippen LogP contribution in [0.2, 0.25) is 0 Å². The first-order valence-electron chi connectivity index (χ1n) is 6.58. The molecule has 0 aliphatic carbocycles. The molecule has 1 aliphatic rings. The van der Waals surface area contributed by atoms with Crippen LogP contribution in [-0.2, 0) is 6.54 Å². The molecule has 2 N–H and O–H groups in total. The van der Waals surface area contributed by atoms with Crippen molar-refractivity contribution >= 4 is 0 Å². The molecule has 0 radical (unpaired) electrons. The highest BCUT2D eigenvalue weighted by molar-refractivity contribution is 5.02. The fourth-order valence-electron chi connectivity index (χ4n) is 2.55. The molecule has 2 rings (SSSR count). The Morgan fingerprint density at radius 1 is 1.53 bits per heavy atom. The smallest absolute Gasteiger partial charge is 0.0527 e. The second-order valence-corrected chi connectivity index (χ2v) is 5.53. The van der Waals surface area contributed by atoms with Crippen LogP contribution in [0.4, 0.5) is 0 Å².